The van der Waals surface area contributed by atoms with Crippen LogP contribution in [0.25, 0.3) is 79.5 Å². The van der Waals surface area contributed by atoms with E-state index in [4.69, 9.17) is 29.9 Å². The summed E-state index contributed by atoms with van der Waals surface area (Å²) >= 11 is 0. The zero-order chi connectivity index (χ0) is 83.0. The van der Waals surface area contributed by atoms with Crippen molar-refractivity contribution in [2.75, 3.05) is 0 Å². The van der Waals surface area contributed by atoms with Crippen molar-refractivity contribution >= 4 is 115 Å². The van der Waals surface area contributed by atoms with Gasteiger partial charge in [-0.15, -0.1) is 0 Å². The van der Waals surface area contributed by atoms with E-state index in [1.807, 2.05) is 0 Å². The maximum Gasteiger partial charge on any atom is 0.179 e. The molecule has 0 aliphatic rings. The van der Waals surface area contributed by atoms with Gasteiger partial charge in [0, 0.05) is 33.4 Å². The zero-order valence-electron chi connectivity index (χ0n) is 68.2. The molecule has 18 aromatic carbocycles. The molecule has 0 amide bonds. The molecule has 0 saturated carbocycles. The second-order valence-electron chi connectivity index (χ2n) is 31.5. The lowest BCUT2D eigenvalue weighted by molar-refractivity contribution is 1.07. The number of rotatable bonds is 23. The molecular weight excluding hydrogens is 1570 g/mol. The number of hydrogen-bond acceptors (Lipinski definition) is 6. The predicted octanol–water partition coefficient (Wildman–Crippen LogP) is 15.2. The topological polar surface area (TPSA) is 77.3 Å². The number of hydrogen-bond donors (Lipinski definition) is 0. The van der Waals surface area contributed by atoms with E-state index in [2.05, 4.69) is 510 Å². The number of aromatic nitrogens is 6. The average Bonchev–Trinajstić information content (AvgIpc) is 0.745. The van der Waals surface area contributed by atoms with E-state index < -0.39 is 32.3 Å². The molecule has 0 radical (unpaired) electrons. The lowest BCUT2D eigenvalue weighted by atomic mass is 10.0. The molecule has 586 valence electrons. The minimum Gasteiger partial charge on any atom is -0.208 e. The van der Waals surface area contributed by atoms with Crippen LogP contribution in [0.3, 0.4) is 0 Å². The van der Waals surface area contributed by atoms with Gasteiger partial charge in [-0.25, -0.2) is 29.9 Å². The third kappa shape index (κ3) is 14.3. The first-order chi connectivity index (χ1) is 61.4. The van der Waals surface area contributed by atoms with Gasteiger partial charge in [0.25, 0.3) is 0 Å². The molecule has 0 unspecified atom stereocenters. The summed E-state index contributed by atoms with van der Waals surface area (Å²) in [6.07, 6.45) is 0. The summed E-state index contributed by atoms with van der Waals surface area (Å²) in [4.78, 5) is 34.0. The lowest BCUT2D eigenvalue weighted by Gasteiger charge is -2.34. The third-order valence-electron chi connectivity index (χ3n) is 24.5. The molecule has 0 bridgehead atoms. The smallest absolute Gasteiger partial charge is 0.179 e. The van der Waals surface area contributed by atoms with Crippen LogP contribution in [0.4, 0.5) is 0 Å². The Morgan fingerprint density at radius 1 is 0.0968 bits per heavy atom. The molecule has 0 saturated heterocycles. The van der Waals surface area contributed by atoms with Gasteiger partial charge in [0.05, 0.1) is 0 Å². The highest BCUT2D eigenvalue weighted by Gasteiger charge is 2.46. The van der Waals surface area contributed by atoms with Gasteiger partial charge in [-0.2, -0.15) is 0 Å². The molecule has 0 atom stereocenters. The summed E-state index contributed by atoms with van der Waals surface area (Å²) < 4.78 is 0. The van der Waals surface area contributed by atoms with Crippen molar-refractivity contribution in [3.63, 3.8) is 0 Å². The second-order valence-corrected chi connectivity index (χ2v) is 46.7. The Hall–Kier alpha value is -15.2. The maximum atomic E-state index is 5.68. The molecule has 20 aromatic rings. The molecule has 10 heteroatoms. The van der Waals surface area contributed by atoms with Gasteiger partial charge >= 0.3 is 0 Å². The van der Waals surface area contributed by atoms with Gasteiger partial charge in [-0.1, -0.05) is 497 Å². The molecular formula is C114H84N6Si4. The van der Waals surface area contributed by atoms with E-state index in [1.165, 1.54) is 83.0 Å². The molecule has 0 N–H and O–H groups in total. The quantitative estimate of drug-likeness (QED) is 0.0469. The fourth-order valence-electron chi connectivity index (χ4n) is 19.0. The normalized spacial score (nSPS) is 11.7. The Morgan fingerprint density at radius 2 is 0.210 bits per heavy atom. The van der Waals surface area contributed by atoms with Gasteiger partial charge in [0.15, 0.2) is 67.2 Å². The highest BCUT2D eigenvalue weighted by atomic mass is 28.3. The van der Waals surface area contributed by atoms with Crippen LogP contribution in [-0.4, -0.2) is 62.2 Å². The van der Waals surface area contributed by atoms with Gasteiger partial charge in [0.2, 0.25) is 0 Å². The standard InChI is InChI=1S/C114H84N6Si4/c1-13-51-93(52-14-1)121(94-53-15-2-16-54-94,95-55-17-3-18-56-95)105-75-39-47-89(81-105)111-115-109(116-112(119-111)90-48-40-76-106(82-90)122(96-57-19-4-20-58-96,97-59-21-5-22-60-97)98-61-23-6-24-62-98)87-45-37-43-85(79-87)86-44-38-46-88(80-86)110-117-113(91-49-41-77-107(83-91)123(99-63-25-7-26-64-99,100-65-27-8-28-66-100)101-67-29-9-30-68-101)120-114(118-110)92-50-42-78-108(84-92)124(102-69-31-10-32-70-102,103-71-33-11-34-72-103)104-73-35-12-36-74-104/h1-84H. The van der Waals surface area contributed by atoms with Crippen LogP contribution in [0.2, 0.25) is 0 Å². The van der Waals surface area contributed by atoms with Crippen LogP contribution in [-0.2, 0) is 0 Å². The molecule has 20 rings (SSSR count). The van der Waals surface area contributed by atoms with Gasteiger partial charge in [-0.3, -0.25) is 0 Å². The molecule has 0 spiro atoms. The van der Waals surface area contributed by atoms with Crippen LogP contribution < -0.4 is 83.0 Å². The van der Waals surface area contributed by atoms with E-state index in [9.17, 15) is 0 Å². The van der Waals surface area contributed by atoms with E-state index >= 15 is 0 Å². The first kappa shape index (κ1) is 77.5. The van der Waals surface area contributed by atoms with E-state index in [0.717, 1.165) is 44.5 Å². The highest BCUT2D eigenvalue weighted by molar-refractivity contribution is 7.22. The van der Waals surface area contributed by atoms with Crippen molar-refractivity contribution in [3.8, 4) is 79.5 Å². The summed E-state index contributed by atoms with van der Waals surface area (Å²) in [6.45, 7) is 0. The van der Waals surface area contributed by atoms with Crippen LogP contribution in [0.15, 0.2) is 510 Å². The summed E-state index contributed by atoms with van der Waals surface area (Å²) in [6, 6.07) is 186. The zero-order valence-corrected chi connectivity index (χ0v) is 72.2. The van der Waals surface area contributed by atoms with Crippen LogP contribution >= 0.6 is 0 Å². The molecule has 124 heavy (non-hydrogen) atoms. The van der Waals surface area contributed by atoms with Crippen molar-refractivity contribution in [1.29, 1.82) is 0 Å². The van der Waals surface area contributed by atoms with Crippen molar-refractivity contribution in [2.24, 2.45) is 0 Å². The first-order valence-corrected chi connectivity index (χ1v) is 50.3. The largest absolute Gasteiger partial charge is 0.208 e. The molecule has 6 nitrogen and oxygen atoms in total. The van der Waals surface area contributed by atoms with Gasteiger partial charge in [-0.05, 0) is 106 Å². The Morgan fingerprint density at radius 3 is 0.355 bits per heavy atom. The minimum atomic E-state index is -3.03. The Kier molecular flexibility index (Phi) is 21.6. The van der Waals surface area contributed by atoms with E-state index in [0.29, 0.717) is 34.9 Å². The minimum absolute atomic E-state index is 0.540. The van der Waals surface area contributed by atoms with Crippen molar-refractivity contribution in [1.82, 2.24) is 29.9 Å². The molecule has 0 aliphatic carbocycles. The summed E-state index contributed by atoms with van der Waals surface area (Å²) in [5, 5.41) is 20.2. The van der Waals surface area contributed by atoms with Crippen molar-refractivity contribution in [3.05, 3.63) is 510 Å². The molecule has 0 fully saturated rings. The fraction of sp³-hybridized carbons (Fsp3) is 0. The number of nitrogens with zero attached hydrogens (tertiary/aromatic N) is 6. The SMILES string of the molecule is c1ccc([Si](c2ccccc2)(c2ccccc2)c2cccc(-c3nc(-c4cccc(-c5cccc(-c6nc(-c7cccc([Si](c8ccccc8)(c8ccccc8)c8ccccc8)c7)nc(-c7cccc([Si](c8ccccc8)(c8ccccc8)c8ccccc8)c7)n6)c5)c4)nc(-c4cccc([Si](c5ccccc5)(c5ccccc5)c5ccccc5)c4)n3)c2)cc1. The number of benzene rings is 18. The monoisotopic (exact) mass is 1650 g/mol. The van der Waals surface area contributed by atoms with E-state index in [1.54, 1.807) is 0 Å². The summed E-state index contributed by atoms with van der Waals surface area (Å²) in [5.74, 6) is 3.33. The molecule has 2 aromatic heterocycles. The lowest BCUT2D eigenvalue weighted by Crippen LogP contribution is -2.74. The Labute approximate surface area is 728 Å². The Bertz CT molecular complexity index is 5890. The van der Waals surface area contributed by atoms with Gasteiger partial charge < -0.3 is 0 Å². The fourth-order valence-corrected chi connectivity index (χ4v) is 38.2. The highest BCUT2D eigenvalue weighted by Crippen LogP contribution is 2.33. The summed E-state index contributed by atoms with van der Waals surface area (Å²) in [7, 11) is -12.1. The molecule has 2 heterocycles. The Balaban J connectivity index is 0.766. The van der Waals surface area contributed by atoms with E-state index in [-0.39, 0.29) is 0 Å². The summed E-state index contributed by atoms with van der Waals surface area (Å²) in [5.41, 5.74) is 7.11. The third-order valence-corrected chi connectivity index (χ3v) is 43.6. The predicted molar refractivity (Wildman–Crippen MR) is 526 cm³/mol. The van der Waals surface area contributed by atoms with Gasteiger partial charge in [0.1, 0.15) is 0 Å². The average molecular weight is 1650 g/mol. The first-order valence-electron chi connectivity index (χ1n) is 42.3. The molecule has 0 aliphatic heterocycles. The van der Waals surface area contributed by atoms with Crippen LogP contribution in [0.5, 0.6) is 0 Å². The van der Waals surface area contributed by atoms with Crippen LogP contribution in [0.1, 0.15) is 0 Å². The van der Waals surface area contributed by atoms with Crippen molar-refractivity contribution < 1.29 is 0 Å². The maximum absolute atomic E-state index is 5.68. The van der Waals surface area contributed by atoms with Crippen molar-refractivity contribution in [2.45, 2.75) is 0 Å². The second kappa shape index (κ2) is 34.5. The van der Waals surface area contributed by atoms with Crippen LogP contribution in [0, 0.1) is 0 Å².